The Morgan fingerprint density at radius 2 is 1.91 bits per heavy atom. The lowest BCUT2D eigenvalue weighted by Crippen LogP contribution is -1.79. The molecule has 0 spiro atoms. The first-order valence-corrected chi connectivity index (χ1v) is 5.95. The molecule has 0 heterocycles. The highest BCUT2D eigenvalue weighted by atomic mass is 35.5. The minimum absolute atomic E-state index is 0. The van der Waals surface area contributed by atoms with Gasteiger partial charge in [-0.2, -0.15) is 0 Å². The second-order valence-corrected chi connectivity index (χ2v) is 5.01. The fraction of sp³-hybridized carbons (Fsp3) is 1.00. The third kappa shape index (κ3) is 7.09. The van der Waals surface area contributed by atoms with Crippen molar-refractivity contribution in [1.29, 1.82) is 0 Å². The van der Waals surface area contributed by atoms with Crippen LogP contribution in [-0.2, 0) is 0 Å². The van der Waals surface area contributed by atoms with Gasteiger partial charge in [0.15, 0.2) is 0 Å². The first-order valence-electron chi connectivity index (χ1n) is 4.67. The van der Waals surface area contributed by atoms with Gasteiger partial charge in [0.2, 0.25) is 0 Å². The van der Waals surface area contributed by atoms with Crippen LogP contribution in [0, 0.1) is 0 Å². The summed E-state index contributed by atoms with van der Waals surface area (Å²) in [5.74, 6) is 0. The molecule has 0 aromatic carbocycles. The van der Waals surface area contributed by atoms with E-state index in [0.29, 0.717) is 0 Å². The predicted molar refractivity (Wildman–Crippen MR) is 57.6 cm³/mol. The number of hydrogen-bond acceptors (Lipinski definition) is 0. The molecule has 1 saturated carbocycles. The van der Waals surface area contributed by atoms with E-state index in [0.717, 1.165) is 0 Å². The van der Waals surface area contributed by atoms with Crippen molar-refractivity contribution in [3.8, 4) is 0 Å². The van der Waals surface area contributed by atoms with Crippen LogP contribution in [0.5, 0.6) is 0 Å². The molecule has 0 aliphatic heterocycles. The van der Waals surface area contributed by atoms with Gasteiger partial charge in [-0.3, -0.25) is 0 Å². The van der Waals surface area contributed by atoms with Crippen LogP contribution in [0.4, 0.5) is 0 Å². The van der Waals surface area contributed by atoms with Crippen LogP contribution in [0.2, 0.25) is 0 Å². The minimum atomic E-state index is 0. The van der Waals surface area contributed by atoms with Gasteiger partial charge < -0.3 is 0 Å². The van der Waals surface area contributed by atoms with Crippen molar-refractivity contribution in [3.63, 3.8) is 0 Å². The van der Waals surface area contributed by atoms with Crippen molar-refractivity contribution in [2.45, 2.75) is 51.1 Å². The first-order chi connectivity index (χ1) is 4.93. The Morgan fingerprint density at radius 1 is 1.18 bits per heavy atom. The largest absolute Gasteiger partial charge is 0.147 e. The normalized spacial score (nSPS) is 17.2. The molecule has 68 valence electrons. The van der Waals surface area contributed by atoms with Gasteiger partial charge in [-0.15, -0.1) is 21.0 Å². The summed E-state index contributed by atoms with van der Waals surface area (Å²) in [7, 11) is 1.31. The second kappa shape index (κ2) is 7.37. The quantitative estimate of drug-likeness (QED) is 0.445. The highest BCUT2D eigenvalue weighted by Gasteiger charge is 2.19. The van der Waals surface area contributed by atoms with E-state index >= 15 is 0 Å². The lowest BCUT2D eigenvalue weighted by atomic mass is 10.2. The van der Waals surface area contributed by atoms with E-state index in [1.165, 1.54) is 46.1 Å². The van der Waals surface area contributed by atoms with Gasteiger partial charge in [0, 0.05) is 0 Å². The molecule has 0 aromatic heterocycles. The van der Waals surface area contributed by atoms with Crippen LogP contribution >= 0.6 is 21.0 Å². The summed E-state index contributed by atoms with van der Waals surface area (Å²) in [6.45, 7) is 2.28. The molecule has 0 saturated heterocycles. The van der Waals surface area contributed by atoms with Crippen LogP contribution in [0.3, 0.4) is 0 Å². The standard InChI is InChI=1S/C9H19P.ClH/c1-2-3-4-5-8-10-9-6-7-9;/h9-10H,2-8H2,1H3;1H. The monoisotopic (exact) mass is 194 g/mol. The lowest BCUT2D eigenvalue weighted by Gasteiger charge is -1.97. The van der Waals surface area contributed by atoms with E-state index in [2.05, 4.69) is 6.92 Å². The summed E-state index contributed by atoms with van der Waals surface area (Å²) >= 11 is 0. The summed E-state index contributed by atoms with van der Waals surface area (Å²) in [4.78, 5) is 0. The Kier molecular flexibility index (Phi) is 7.86. The molecular formula is C9H20ClP. The van der Waals surface area contributed by atoms with E-state index in [4.69, 9.17) is 0 Å². The molecule has 1 aliphatic rings. The van der Waals surface area contributed by atoms with Crippen LogP contribution in [0.25, 0.3) is 0 Å². The minimum Gasteiger partial charge on any atom is -0.147 e. The highest BCUT2D eigenvalue weighted by Crippen LogP contribution is 2.39. The number of unbranched alkanes of at least 4 members (excludes halogenated alkanes) is 3. The molecule has 0 aromatic rings. The molecule has 2 heteroatoms. The molecule has 1 unspecified atom stereocenters. The van der Waals surface area contributed by atoms with E-state index in [1.54, 1.807) is 12.8 Å². The summed E-state index contributed by atoms with van der Waals surface area (Å²) in [5, 5.41) is 0. The Labute approximate surface area is 78.7 Å². The lowest BCUT2D eigenvalue weighted by molar-refractivity contribution is 0.705. The second-order valence-electron chi connectivity index (χ2n) is 3.29. The van der Waals surface area contributed by atoms with E-state index in [1.807, 2.05) is 0 Å². The molecule has 1 rings (SSSR count). The van der Waals surface area contributed by atoms with E-state index in [-0.39, 0.29) is 12.4 Å². The third-order valence-corrected chi connectivity index (χ3v) is 3.84. The van der Waals surface area contributed by atoms with Gasteiger partial charge in [0.1, 0.15) is 0 Å². The van der Waals surface area contributed by atoms with Crippen molar-refractivity contribution >= 4 is 21.0 Å². The van der Waals surface area contributed by atoms with Crippen molar-refractivity contribution in [2.75, 3.05) is 6.16 Å². The van der Waals surface area contributed by atoms with E-state index in [9.17, 15) is 0 Å². The van der Waals surface area contributed by atoms with Crippen molar-refractivity contribution in [1.82, 2.24) is 0 Å². The average molecular weight is 195 g/mol. The van der Waals surface area contributed by atoms with Crippen LogP contribution < -0.4 is 0 Å². The zero-order valence-electron chi connectivity index (χ0n) is 7.44. The Balaban J connectivity index is 0.000001000. The number of hydrogen-bond donors (Lipinski definition) is 0. The SMILES string of the molecule is CCCCCCPC1CC1.Cl. The Bertz CT molecular complexity index is 81.6. The maximum absolute atomic E-state index is 2.28. The summed E-state index contributed by atoms with van der Waals surface area (Å²) in [6.07, 6.45) is 10.4. The summed E-state index contributed by atoms with van der Waals surface area (Å²) in [6, 6.07) is 0. The zero-order chi connectivity index (χ0) is 7.23. The number of rotatable bonds is 6. The third-order valence-electron chi connectivity index (χ3n) is 2.04. The molecule has 0 N–H and O–H groups in total. The molecular weight excluding hydrogens is 175 g/mol. The zero-order valence-corrected chi connectivity index (χ0v) is 9.25. The fourth-order valence-electron chi connectivity index (χ4n) is 1.15. The molecule has 0 radical (unpaired) electrons. The highest BCUT2D eigenvalue weighted by molar-refractivity contribution is 7.39. The predicted octanol–water partition coefficient (Wildman–Crippen LogP) is 3.83. The molecule has 11 heavy (non-hydrogen) atoms. The molecule has 1 fully saturated rings. The number of halogens is 1. The molecule has 1 atom stereocenters. The van der Waals surface area contributed by atoms with Gasteiger partial charge in [-0.25, -0.2) is 0 Å². The van der Waals surface area contributed by atoms with Crippen molar-refractivity contribution in [2.24, 2.45) is 0 Å². The molecule has 0 amide bonds. The first kappa shape index (κ1) is 11.7. The van der Waals surface area contributed by atoms with Gasteiger partial charge in [-0.1, -0.05) is 26.2 Å². The molecule has 0 nitrogen and oxygen atoms in total. The Hall–Kier alpha value is 0.720. The van der Waals surface area contributed by atoms with Crippen LogP contribution in [-0.4, -0.2) is 11.8 Å². The van der Waals surface area contributed by atoms with E-state index < -0.39 is 0 Å². The molecule has 0 bridgehead atoms. The maximum atomic E-state index is 2.28. The smallest absolute Gasteiger partial charge is 0.0236 e. The Morgan fingerprint density at radius 3 is 2.45 bits per heavy atom. The van der Waals surface area contributed by atoms with Crippen LogP contribution in [0.1, 0.15) is 45.4 Å². The van der Waals surface area contributed by atoms with Gasteiger partial charge in [0.25, 0.3) is 0 Å². The average Bonchev–Trinajstić information content (AvgIpc) is 2.71. The van der Waals surface area contributed by atoms with Gasteiger partial charge >= 0.3 is 0 Å². The fourth-order valence-corrected chi connectivity index (χ4v) is 2.58. The maximum Gasteiger partial charge on any atom is -0.0236 e. The summed E-state index contributed by atoms with van der Waals surface area (Å²) < 4.78 is 0. The van der Waals surface area contributed by atoms with Crippen molar-refractivity contribution < 1.29 is 0 Å². The summed E-state index contributed by atoms with van der Waals surface area (Å²) in [5.41, 5.74) is 1.18. The van der Waals surface area contributed by atoms with Gasteiger partial charge in [0.05, 0.1) is 0 Å². The van der Waals surface area contributed by atoms with Gasteiger partial charge in [-0.05, 0) is 31.1 Å². The topological polar surface area (TPSA) is 0 Å². The van der Waals surface area contributed by atoms with Crippen LogP contribution in [0.15, 0.2) is 0 Å². The molecule has 1 aliphatic carbocycles. The van der Waals surface area contributed by atoms with Crippen molar-refractivity contribution in [3.05, 3.63) is 0 Å².